The van der Waals surface area contributed by atoms with E-state index < -0.39 is 33.6 Å². The number of carbonyl (C=O) groups excluding carboxylic acids is 1. The Morgan fingerprint density at radius 3 is 2.66 bits per heavy atom. The third-order valence-corrected chi connectivity index (χ3v) is 8.31. The molecule has 11 heteroatoms. The van der Waals surface area contributed by atoms with Crippen LogP contribution >= 0.6 is 11.3 Å². The van der Waals surface area contributed by atoms with Gasteiger partial charge in [-0.05, 0) is 50.5 Å². The van der Waals surface area contributed by atoms with Crippen LogP contribution in [-0.4, -0.2) is 35.4 Å². The van der Waals surface area contributed by atoms with Crippen molar-refractivity contribution in [2.75, 3.05) is 11.9 Å². The number of carbonyl (C=O) groups is 1. The number of sulfonamides is 1. The number of benzene rings is 2. The van der Waals surface area contributed by atoms with Gasteiger partial charge >= 0.3 is 0 Å². The number of nitrogens with zero attached hydrogens (tertiary/aromatic N) is 3. The highest BCUT2D eigenvalue weighted by molar-refractivity contribution is 7.89. The second kappa shape index (κ2) is 8.64. The molecule has 7 nitrogen and oxygen atoms in total. The van der Waals surface area contributed by atoms with E-state index in [1.807, 2.05) is 13.0 Å². The summed E-state index contributed by atoms with van der Waals surface area (Å²) in [5.41, 5.74) is 1.44. The number of nitrogens with one attached hydrogen (secondary N) is 1. The Morgan fingerprint density at radius 1 is 1.16 bits per heavy atom. The summed E-state index contributed by atoms with van der Waals surface area (Å²) in [5, 5.41) is 10.6. The minimum Gasteiger partial charge on any atom is -0.317 e. The molecule has 1 aliphatic heterocycles. The first-order chi connectivity index (χ1) is 15.2. The number of hydrogen-bond donors (Lipinski definition) is 1. The Hall–Kier alpha value is -2.76. The summed E-state index contributed by atoms with van der Waals surface area (Å²) in [5.74, 6) is -2.38. The van der Waals surface area contributed by atoms with Crippen molar-refractivity contribution in [2.45, 2.75) is 37.6 Å². The predicted octanol–water partition coefficient (Wildman–Crippen LogP) is 4.21. The Balaban J connectivity index is 1.57. The van der Waals surface area contributed by atoms with Crippen molar-refractivity contribution in [2.24, 2.45) is 0 Å². The van der Waals surface area contributed by atoms with E-state index in [1.54, 1.807) is 19.1 Å². The van der Waals surface area contributed by atoms with Crippen LogP contribution in [0.4, 0.5) is 14.5 Å². The topological polar surface area (TPSA) is 92.3 Å². The quantitative estimate of drug-likeness (QED) is 0.593. The normalized spacial score (nSPS) is 16.9. The highest BCUT2D eigenvalue weighted by atomic mass is 32.2. The zero-order valence-corrected chi connectivity index (χ0v) is 18.9. The van der Waals surface area contributed by atoms with Crippen LogP contribution in [0.3, 0.4) is 0 Å². The standard InChI is InChI=1S/C21H20F2N4O3S2/c1-12-5-8-18(13(2)10-12)32(29,30)27-9-3-4-17(27)20-25-26-21(31-20)19(28)24-16-7-6-14(22)11-15(16)23/h5-8,10-11,17H,3-4,9H2,1-2H3,(H,24,28)/t17-/m1/s1. The number of anilines is 1. The molecule has 0 aliphatic carbocycles. The van der Waals surface area contributed by atoms with Gasteiger partial charge in [-0.2, -0.15) is 4.31 Å². The summed E-state index contributed by atoms with van der Waals surface area (Å²) < 4.78 is 54.9. The molecular weight excluding hydrogens is 458 g/mol. The fourth-order valence-corrected chi connectivity index (χ4v) is 6.54. The molecule has 0 radical (unpaired) electrons. The first kappa shape index (κ1) is 22.4. The number of amides is 1. The zero-order valence-electron chi connectivity index (χ0n) is 17.3. The van der Waals surface area contributed by atoms with E-state index in [0.29, 0.717) is 36.0 Å². The van der Waals surface area contributed by atoms with E-state index in [4.69, 9.17) is 0 Å². The minimum absolute atomic E-state index is 0.0421. The van der Waals surface area contributed by atoms with E-state index in [0.717, 1.165) is 29.0 Å². The van der Waals surface area contributed by atoms with Crippen molar-refractivity contribution in [3.05, 3.63) is 69.2 Å². The van der Waals surface area contributed by atoms with Crippen molar-refractivity contribution in [3.8, 4) is 0 Å². The molecule has 2 aromatic carbocycles. The summed E-state index contributed by atoms with van der Waals surface area (Å²) in [4.78, 5) is 12.7. The molecule has 0 bridgehead atoms. The SMILES string of the molecule is Cc1ccc(S(=O)(=O)N2CCC[C@@H]2c2nnc(C(=O)Nc3ccc(F)cc3F)s2)c(C)c1. The highest BCUT2D eigenvalue weighted by Gasteiger charge is 2.39. The van der Waals surface area contributed by atoms with Gasteiger partial charge in [-0.25, -0.2) is 17.2 Å². The summed E-state index contributed by atoms with van der Waals surface area (Å²) in [6, 6.07) is 7.44. The van der Waals surface area contributed by atoms with E-state index in [-0.39, 0.29) is 15.6 Å². The molecule has 0 saturated carbocycles. The Morgan fingerprint density at radius 2 is 1.94 bits per heavy atom. The molecule has 0 spiro atoms. The minimum atomic E-state index is -3.77. The van der Waals surface area contributed by atoms with Gasteiger partial charge in [-0.3, -0.25) is 4.79 Å². The van der Waals surface area contributed by atoms with Crippen molar-refractivity contribution in [1.82, 2.24) is 14.5 Å². The maximum Gasteiger partial charge on any atom is 0.286 e. The van der Waals surface area contributed by atoms with Gasteiger partial charge in [0.2, 0.25) is 15.0 Å². The fraction of sp³-hybridized carbons (Fsp3) is 0.286. The molecule has 1 amide bonds. The molecule has 1 aromatic heterocycles. The van der Waals surface area contributed by atoms with Crippen molar-refractivity contribution < 1.29 is 22.0 Å². The average molecular weight is 479 g/mol. The molecule has 32 heavy (non-hydrogen) atoms. The van der Waals surface area contributed by atoms with Gasteiger partial charge < -0.3 is 5.32 Å². The first-order valence-electron chi connectivity index (χ1n) is 9.85. The molecule has 0 unspecified atom stereocenters. The number of rotatable bonds is 5. The van der Waals surface area contributed by atoms with Gasteiger partial charge in [0.05, 0.1) is 16.6 Å². The van der Waals surface area contributed by atoms with Crippen LogP contribution in [0.25, 0.3) is 0 Å². The average Bonchev–Trinajstić information content (AvgIpc) is 3.39. The maximum atomic E-state index is 13.8. The second-order valence-corrected chi connectivity index (χ2v) is 10.4. The lowest BCUT2D eigenvalue weighted by molar-refractivity contribution is 0.102. The van der Waals surface area contributed by atoms with Gasteiger partial charge in [-0.15, -0.1) is 10.2 Å². The summed E-state index contributed by atoms with van der Waals surface area (Å²) in [6.45, 7) is 3.99. The monoisotopic (exact) mass is 478 g/mol. The molecule has 2 heterocycles. The zero-order chi connectivity index (χ0) is 23.0. The van der Waals surface area contributed by atoms with Crippen LogP contribution in [0.15, 0.2) is 41.3 Å². The van der Waals surface area contributed by atoms with Crippen LogP contribution in [0.5, 0.6) is 0 Å². The smallest absolute Gasteiger partial charge is 0.286 e. The van der Waals surface area contributed by atoms with Gasteiger partial charge in [0, 0.05) is 12.6 Å². The lowest BCUT2D eigenvalue weighted by Gasteiger charge is -2.23. The van der Waals surface area contributed by atoms with Gasteiger partial charge in [-0.1, -0.05) is 29.0 Å². The molecule has 3 aromatic rings. The van der Waals surface area contributed by atoms with Gasteiger partial charge in [0.25, 0.3) is 5.91 Å². The van der Waals surface area contributed by atoms with Crippen molar-refractivity contribution in [1.29, 1.82) is 0 Å². The van der Waals surface area contributed by atoms with Crippen molar-refractivity contribution >= 4 is 33.0 Å². The third-order valence-electron chi connectivity index (χ3n) is 5.22. The molecule has 4 rings (SSSR count). The van der Waals surface area contributed by atoms with Crippen LogP contribution < -0.4 is 5.32 Å². The Labute approximate surface area is 188 Å². The van der Waals surface area contributed by atoms with Gasteiger partial charge in [0.1, 0.15) is 16.6 Å². The molecule has 1 aliphatic rings. The molecule has 1 fully saturated rings. The van der Waals surface area contributed by atoms with Crippen LogP contribution in [0.1, 0.15) is 44.8 Å². The molecule has 1 atom stereocenters. The van der Waals surface area contributed by atoms with Crippen LogP contribution in [-0.2, 0) is 10.0 Å². The predicted molar refractivity (Wildman–Crippen MR) is 116 cm³/mol. The first-order valence-corrected chi connectivity index (χ1v) is 12.1. The van der Waals surface area contributed by atoms with Crippen LogP contribution in [0, 0.1) is 25.5 Å². The fourth-order valence-electron chi connectivity index (χ4n) is 3.72. The Bertz CT molecular complexity index is 1290. The van der Waals surface area contributed by atoms with E-state index in [9.17, 15) is 22.0 Å². The van der Waals surface area contributed by atoms with E-state index >= 15 is 0 Å². The number of halogens is 2. The molecule has 168 valence electrons. The number of hydrogen-bond acceptors (Lipinski definition) is 6. The second-order valence-electron chi connectivity index (χ2n) is 7.57. The van der Waals surface area contributed by atoms with E-state index in [2.05, 4.69) is 15.5 Å². The van der Waals surface area contributed by atoms with Crippen molar-refractivity contribution in [3.63, 3.8) is 0 Å². The summed E-state index contributed by atoms with van der Waals surface area (Å²) in [7, 11) is -3.77. The summed E-state index contributed by atoms with van der Waals surface area (Å²) in [6.07, 6.45) is 1.20. The molecule has 1 N–H and O–H groups in total. The lowest BCUT2D eigenvalue weighted by Crippen LogP contribution is -2.31. The largest absolute Gasteiger partial charge is 0.317 e. The number of aryl methyl sites for hydroxylation is 2. The lowest BCUT2D eigenvalue weighted by atomic mass is 10.2. The molecular formula is C21H20F2N4O3S2. The maximum absolute atomic E-state index is 13.8. The Kier molecular flexibility index (Phi) is 6.06. The van der Waals surface area contributed by atoms with E-state index in [1.165, 1.54) is 4.31 Å². The van der Waals surface area contributed by atoms with Crippen LogP contribution in [0.2, 0.25) is 0 Å². The third kappa shape index (κ3) is 4.27. The number of aromatic nitrogens is 2. The highest BCUT2D eigenvalue weighted by Crippen LogP contribution is 2.38. The molecule has 1 saturated heterocycles. The summed E-state index contributed by atoms with van der Waals surface area (Å²) >= 11 is 0.951. The van der Waals surface area contributed by atoms with Gasteiger partial charge in [0.15, 0.2) is 0 Å².